The standard InChI is InChI=1S/C33H39F2N5O2S/c1-20(2)28-19-39(24-11-13-33(34,35)14-12-24)17-25-18-40(28)31(41)23-9-6-10-26(15-23)43-38-32-36-27(16-29(37-32)42-25)30-21(3)7-5-8-22(30)4/h5-10,15-16,20,24-25,28H,11-14,17-19H2,1-4H3,(H,36,37,38)/t25-,28+/m1/s1. The molecular formula is C33H39F2N5O2S. The van der Waals surface area contributed by atoms with Gasteiger partial charge in [-0.05, 0) is 73.9 Å². The number of halogens is 2. The lowest BCUT2D eigenvalue weighted by atomic mass is 9.90. The molecule has 0 unspecified atom stereocenters. The minimum absolute atomic E-state index is 0.00782. The zero-order valence-electron chi connectivity index (χ0n) is 25.1. The molecule has 1 saturated carbocycles. The van der Waals surface area contributed by atoms with Crippen molar-refractivity contribution in [3.8, 4) is 17.1 Å². The minimum atomic E-state index is -2.61. The van der Waals surface area contributed by atoms with Crippen LogP contribution in [0.15, 0.2) is 53.4 Å². The van der Waals surface area contributed by atoms with Crippen LogP contribution in [0.2, 0.25) is 0 Å². The van der Waals surface area contributed by atoms with E-state index in [0.29, 0.717) is 49.9 Å². The average Bonchev–Trinajstić information content (AvgIpc) is 3.15. The molecule has 1 saturated heterocycles. The van der Waals surface area contributed by atoms with Crippen LogP contribution in [0.25, 0.3) is 11.3 Å². The van der Waals surface area contributed by atoms with Crippen LogP contribution < -0.4 is 9.46 Å². The van der Waals surface area contributed by atoms with Crippen molar-refractivity contribution in [3.63, 3.8) is 0 Å². The Balaban J connectivity index is 1.44. The predicted octanol–water partition coefficient (Wildman–Crippen LogP) is 7.00. The molecule has 1 amide bonds. The van der Waals surface area contributed by atoms with Gasteiger partial charge in [0.15, 0.2) is 0 Å². The van der Waals surface area contributed by atoms with Crippen LogP contribution in [0.1, 0.15) is 61.0 Å². The summed E-state index contributed by atoms with van der Waals surface area (Å²) in [7, 11) is 0. The number of alkyl halides is 2. The lowest BCUT2D eigenvalue weighted by molar-refractivity contribution is -0.0563. The van der Waals surface area contributed by atoms with Gasteiger partial charge in [-0.1, -0.05) is 38.1 Å². The fraction of sp³-hybridized carbons (Fsp3) is 0.485. The number of hydrogen-bond acceptors (Lipinski definition) is 7. The van der Waals surface area contributed by atoms with E-state index in [0.717, 1.165) is 27.3 Å². The highest BCUT2D eigenvalue weighted by molar-refractivity contribution is 8.00. The van der Waals surface area contributed by atoms with Gasteiger partial charge in [0.25, 0.3) is 5.91 Å². The van der Waals surface area contributed by atoms with Crippen LogP contribution in [0.4, 0.5) is 14.7 Å². The second kappa shape index (κ2) is 12.0. The van der Waals surface area contributed by atoms with Gasteiger partial charge in [0.05, 0.1) is 12.2 Å². The van der Waals surface area contributed by atoms with Crippen molar-refractivity contribution in [2.75, 3.05) is 24.4 Å². The molecule has 7 nitrogen and oxygen atoms in total. The second-order valence-electron chi connectivity index (χ2n) is 12.5. The molecule has 2 aromatic carbocycles. The third kappa shape index (κ3) is 6.50. The van der Waals surface area contributed by atoms with Gasteiger partial charge < -0.3 is 9.64 Å². The third-order valence-corrected chi connectivity index (χ3v) is 9.74. The summed E-state index contributed by atoms with van der Waals surface area (Å²) in [6.07, 6.45) is 0.213. The topological polar surface area (TPSA) is 70.6 Å². The van der Waals surface area contributed by atoms with Crippen LogP contribution in [-0.2, 0) is 0 Å². The summed E-state index contributed by atoms with van der Waals surface area (Å²) in [6.45, 7) is 9.86. The number of carbonyl (C=O) groups excluding carboxylic acids is 1. The third-order valence-electron chi connectivity index (χ3n) is 8.96. The smallest absolute Gasteiger partial charge is 0.254 e. The predicted molar refractivity (Wildman–Crippen MR) is 166 cm³/mol. The van der Waals surface area contributed by atoms with Crippen molar-refractivity contribution in [3.05, 3.63) is 65.2 Å². The van der Waals surface area contributed by atoms with E-state index in [2.05, 4.69) is 49.4 Å². The molecule has 1 N–H and O–H groups in total. The van der Waals surface area contributed by atoms with E-state index in [1.807, 2.05) is 41.3 Å². The van der Waals surface area contributed by atoms with Gasteiger partial charge in [-0.2, -0.15) is 4.98 Å². The van der Waals surface area contributed by atoms with E-state index >= 15 is 0 Å². The Hall–Kier alpha value is -3.24. The largest absolute Gasteiger partial charge is 0.471 e. The molecule has 3 heterocycles. The normalized spacial score (nSPS) is 23.0. The Morgan fingerprint density at radius 3 is 2.44 bits per heavy atom. The van der Waals surface area contributed by atoms with Gasteiger partial charge in [0.1, 0.15) is 6.10 Å². The van der Waals surface area contributed by atoms with Crippen molar-refractivity contribution in [1.29, 1.82) is 0 Å². The zero-order valence-corrected chi connectivity index (χ0v) is 26.0. The minimum Gasteiger partial charge on any atom is -0.471 e. The maximum atomic E-state index is 14.2. The number of hydrogen-bond donors (Lipinski definition) is 1. The molecule has 3 aromatic rings. The van der Waals surface area contributed by atoms with Crippen LogP contribution in [-0.4, -0.2) is 69.4 Å². The molecule has 2 fully saturated rings. The summed E-state index contributed by atoms with van der Waals surface area (Å²) in [4.78, 5) is 28.9. The van der Waals surface area contributed by atoms with E-state index in [1.165, 1.54) is 11.9 Å². The van der Waals surface area contributed by atoms with Crippen molar-refractivity contribution >= 4 is 23.8 Å². The highest BCUT2D eigenvalue weighted by Crippen LogP contribution is 2.37. The number of amides is 1. The molecule has 6 bridgehead atoms. The average molecular weight is 608 g/mol. The van der Waals surface area contributed by atoms with E-state index in [-0.39, 0.29) is 36.8 Å². The summed E-state index contributed by atoms with van der Waals surface area (Å²) < 4.78 is 38.2. The van der Waals surface area contributed by atoms with Crippen LogP contribution in [0.3, 0.4) is 0 Å². The molecule has 1 aliphatic carbocycles. The lowest BCUT2D eigenvalue weighted by Gasteiger charge is -2.39. The van der Waals surface area contributed by atoms with Gasteiger partial charge in [0, 0.05) is 60.1 Å². The van der Waals surface area contributed by atoms with Crippen molar-refractivity contribution in [2.24, 2.45) is 5.92 Å². The van der Waals surface area contributed by atoms with Crippen molar-refractivity contribution < 1.29 is 18.3 Å². The van der Waals surface area contributed by atoms with Gasteiger partial charge in [0.2, 0.25) is 17.8 Å². The first-order chi connectivity index (χ1) is 20.6. The van der Waals surface area contributed by atoms with Gasteiger partial charge in [-0.15, -0.1) is 0 Å². The number of aromatic nitrogens is 2. The number of anilines is 1. The quantitative estimate of drug-likeness (QED) is 0.322. The van der Waals surface area contributed by atoms with Gasteiger partial charge >= 0.3 is 0 Å². The number of ether oxygens (including phenoxy) is 1. The molecule has 2 aliphatic heterocycles. The first-order valence-electron chi connectivity index (χ1n) is 15.1. The van der Waals surface area contributed by atoms with E-state index in [1.54, 1.807) is 0 Å². The molecule has 228 valence electrons. The van der Waals surface area contributed by atoms with E-state index in [9.17, 15) is 13.6 Å². The molecule has 1 aromatic heterocycles. The summed E-state index contributed by atoms with van der Waals surface area (Å²) >= 11 is 1.35. The molecule has 10 heteroatoms. The SMILES string of the molecule is Cc1cccc(C)c1-c1cc2nc(n1)NSc1cccc(c1)C(=O)N1C[C@@H](CN(C3CCC(F)(F)CC3)C[C@H]1C(C)C)O2. The molecule has 0 spiro atoms. The number of nitrogens with one attached hydrogen (secondary N) is 1. The van der Waals surface area contributed by atoms with E-state index < -0.39 is 12.0 Å². The van der Waals surface area contributed by atoms with Gasteiger partial charge in [-0.3, -0.25) is 14.4 Å². The molecule has 0 radical (unpaired) electrons. The highest BCUT2D eigenvalue weighted by Gasteiger charge is 2.42. The maximum absolute atomic E-state index is 14.2. The zero-order chi connectivity index (χ0) is 30.3. The van der Waals surface area contributed by atoms with Crippen LogP contribution in [0, 0.1) is 19.8 Å². The first-order valence-corrected chi connectivity index (χ1v) is 16.0. The summed E-state index contributed by atoms with van der Waals surface area (Å²) in [6, 6.07) is 15.5. The lowest BCUT2D eigenvalue weighted by Crippen LogP contribution is -2.50. The van der Waals surface area contributed by atoms with Crippen LogP contribution in [0.5, 0.6) is 5.88 Å². The highest BCUT2D eigenvalue weighted by atomic mass is 32.2. The summed E-state index contributed by atoms with van der Waals surface area (Å²) in [5.74, 6) is -1.68. The summed E-state index contributed by atoms with van der Waals surface area (Å²) in [5.41, 5.74) is 4.57. The van der Waals surface area contributed by atoms with E-state index in [4.69, 9.17) is 14.7 Å². The van der Waals surface area contributed by atoms with Crippen molar-refractivity contribution in [2.45, 2.75) is 82.4 Å². The number of benzene rings is 2. The number of rotatable bonds is 3. The maximum Gasteiger partial charge on any atom is 0.254 e. The fourth-order valence-corrected chi connectivity index (χ4v) is 7.30. The number of carbonyl (C=O) groups is 1. The Morgan fingerprint density at radius 1 is 1.00 bits per heavy atom. The Labute approximate surface area is 256 Å². The molecule has 2 atom stereocenters. The monoisotopic (exact) mass is 607 g/mol. The summed E-state index contributed by atoms with van der Waals surface area (Å²) in [5, 5.41) is 0. The fourth-order valence-electron chi connectivity index (χ4n) is 6.67. The van der Waals surface area contributed by atoms with Crippen molar-refractivity contribution in [1.82, 2.24) is 19.8 Å². The van der Waals surface area contributed by atoms with Crippen LogP contribution >= 0.6 is 11.9 Å². The molecule has 6 rings (SSSR count). The Morgan fingerprint density at radius 2 is 1.72 bits per heavy atom. The molecule has 43 heavy (non-hydrogen) atoms. The Kier molecular flexibility index (Phi) is 8.35. The molecule has 3 aliphatic rings. The number of aryl methyl sites for hydroxylation is 2. The number of fused-ring (bicyclic) bond motifs is 6. The first kappa shape index (κ1) is 29.8. The molecular weight excluding hydrogens is 568 g/mol. The number of nitrogens with zero attached hydrogens (tertiary/aromatic N) is 4. The second-order valence-corrected chi connectivity index (χ2v) is 13.3. The Bertz CT molecular complexity index is 1470. The van der Waals surface area contributed by atoms with Gasteiger partial charge in [-0.25, -0.2) is 13.8 Å².